The van der Waals surface area contributed by atoms with E-state index in [1.165, 1.54) is 0 Å². The SMILES string of the molecule is CCCOc1cncc(C(C)(N)c2ccc(OC)cc2)c1. The predicted molar refractivity (Wildman–Crippen MR) is 83.7 cm³/mol. The second-order valence-corrected chi connectivity index (χ2v) is 5.19. The molecular weight excluding hydrogens is 264 g/mol. The van der Waals surface area contributed by atoms with Crippen LogP contribution in [0.25, 0.3) is 0 Å². The molecule has 0 fully saturated rings. The quantitative estimate of drug-likeness (QED) is 0.886. The van der Waals surface area contributed by atoms with E-state index in [-0.39, 0.29) is 0 Å². The van der Waals surface area contributed by atoms with Crippen molar-refractivity contribution in [1.29, 1.82) is 0 Å². The summed E-state index contributed by atoms with van der Waals surface area (Å²) in [4.78, 5) is 4.23. The number of nitrogens with zero attached hydrogens (tertiary/aromatic N) is 1. The minimum absolute atomic E-state index is 0.634. The first-order valence-corrected chi connectivity index (χ1v) is 7.09. The number of ether oxygens (including phenoxy) is 2. The molecule has 0 bridgehead atoms. The first-order valence-electron chi connectivity index (χ1n) is 7.09. The van der Waals surface area contributed by atoms with Gasteiger partial charge in [-0.05, 0) is 42.7 Å². The van der Waals surface area contributed by atoms with Gasteiger partial charge in [-0.15, -0.1) is 0 Å². The van der Waals surface area contributed by atoms with E-state index in [2.05, 4.69) is 11.9 Å². The number of pyridine rings is 1. The van der Waals surface area contributed by atoms with E-state index < -0.39 is 5.54 Å². The fraction of sp³-hybridized carbons (Fsp3) is 0.353. The summed E-state index contributed by atoms with van der Waals surface area (Å²) < 4.78 is 10.8. The van der Waals surface area contributed by atoms with Crippen molar-refractivity contribution in [3.8, 4) is 11.5 Å². The first kappa shape index (κ1) is 15.3. The highest BCUT2D eigenvalue weighted by Gasteiger charge is 2.24. The number of benzene rings is 1. The fourth-order valence-electron chi connectivity index (χ4n) is 2.11. The Morgan fingerprint density at radius 3 is 2.43 bits per heavy atom. The third-order valence-electron chi connectivity index (χ3n) is 3.48. The van der Waals surface area contributed by atoms with Gasteiger partial charge in [0.1, 0.15) is 11.5 Å². The van der Waals surface area contributed by atoms with Gasteiger partial charge in [-0.25, -0.2) is 0 Å². The average Bonchev–Trinajstić information content (AvgIpc) is 2.53. The van der Waals surface area contributed by atoms with Gasteiger partial charge < -0.3 is 15.2 Å². The van der Waals surface area contributed by atoms with Crippen molar-refractivity contribution in [2.75, 3.05) is 13.7 Å². The van der Waals surface area contributed by atoms with Crippen LogP contribution < -0.4 is 15.2 Å². The van der Waals surface area contributed by atoms with Gasteiger partial charge in [0.15, 0.2) is 0 Å². The number of hydrogen-bond donors (Lipinski definition) is 1. The van der Waals surface area contributed by atoms with Crippen LogP contribution in [0.3, 0.4) is 0 Å². The Balaban J connectivity index is 2.28. The van der Waals surface area contributed by atoms with Crippen molar-refractivity contribution in [2.24, 2.45) is 5.73 Å². The topological polar surface area (TPSA) is 57.4 Å². The summed E-state index contributed by atoms with van der Waals surface area (Å²) in [6, 6.07) is 9.71. The lowest BCUT2D eigenvalue weighted by Crippen LogP contribution is -2.34. The molecule has 0 radical (unpaired) electrons. The average molecular weight is 286 g/mol. The minimum atomic E-state index is -0.634. The minimum Gasteiger partial charge on any atom is -0.497 e. The Morgan fingerprint density at radius 1 is 1.10 bits per heavy atom. The number of hydrogen-bond acceptors (Lipinski definition) is 4. The van der Waals surface area contributed by atoms with Gasteiger partial charge in [0.2, 0.25) is 0 Å². The summed E-state index contributed by atoms with van der Waals surface area (Å²) in [6.07, 6.45) is 4.45. The zero-order valence-electron chi connectivity index (χ0n) is 12.8. The molecule has 2 aromatic rings. The number of aromatic nitrogens is 1. The van der Waals surface area contributed by atoms with Crippen molar-refractivity contribution in [3.63, 3.8) is 0 Å². The van der Waals surface area contributed by atoms with Crippen LogP contribution in [-0.4, -0.2) is 18.7 Å². The van der Waals surface area contributed by atoms with E-state index in [1.54, 1.807) is 19.5 Å². The number of nitrogens with two attached hydrogens (primary N) is 1. The largest absolute Gasteiger partial charge is 0.497 e. The summed E-state index contributed by atoms with van der Waals surface area (Å²) >= 11 is 0. The molecule has 1 unspecified atom stereocenters. The normalized spacial score (nSPS) is 13.5. The Bertz CT molecular complexity index is 580. The fourth-order valence-corrected chi connectivity index (χ4v) is 2.11. The second-order valence-electron chi connectivity index (χ2n) is 5.19. The molecule has 0 amide bonds. The standard InChI is InChI=1S/C17H22N2O2/c1-4-9-21-16-10-14(11-19-12-16)17(2,18)13-5-7-15(20-3)8-6-13/h5-8,10-12H,4,9,18H2,1-3H3. The summed E-state index contributed by atoms with van der Waals surface area (Å²) in [5.41, 5.74) is 7.79. The van der Waals surface area contributed by atoms with E-state index in [0.29, 0.717) is 6.61 Å². The van der Waals surface area contributed by atoms with E-state index in [4.69, 9.17) is 15.2 Å². The molecule has 4 heteroatoms. The molecule has 0 aliphatic rings. The van der Waals surface area contributed by atoms with Gasteiger partial charge >= 0.3 is 0 Å². The van der Waals surface area contributed by atoms with Gasteiger partial charge in [0.05, 0.1) is 25.5 Å². The molecule has 2 rings (SSSR count). The molecule has 0 aliphatic heterocycles. The Morgan fingerprint density at radius 2 is 1.81 bits per heavy atom. The number of methoxy groups -OCH3 is 1. The van der Waals surface area contributed by atoms with Gasteiger partial charge in [-0.3, -0.25) is 4.98 Å². The van der Waals surface area contributed by atoms with Crippen LogP contribution >= 0.6 is 0 Å². The van der Waals surface area contributed by atoms with E-state index in [0.717, 1.165) is 29.0 Å². The molecule has 0 aliphatic carbocycles. The molecule has 0 saturated heterocycles. The highest BCUT2D eigenvalue weighted by Crippen LogP contribution is 2.29. The summed E-state index contributed by atoms with van der Waals surface area (Å²) in [7, 11) is 1.65. The van der Waals surface area contributed by atoms with Crippen molar-refractivity contribution in [1.82, 2.24) is 4.98 Å². The van der Waals surface area contributed by atoms with Crippen molar-refractivity contribution in [2.45, 2.75) is 25.8 Å². The smallest absolute Gasteiger partial charge is 0.137 e. The van der Waals surface area contributed by atoms with Crippen molar-refractivity contribution >= 4 is 0 Å². The van der Waals surface area contributed by atoms with Crippen molar-refractivity contribution < 1.29 is 9.47 Å². The van der Waals surface area contributed by atoms with Gasteiger partial charge in [-0.1, -0.05) is 19.1 Å². The maximum atomic E-state index is 6.51. The van der Waals surface area contributed by atoms with Gasteiger partial charge in [0, 0.05) is 6.20 Å². The van der Waals surface area contributed by atoms with E-state index >= 15 is 0 Å². The maximum Gasteiger partial charge on any atom is 0.137 e. The van der Waals surface area contributed by atoms with Crippen LogP contribution in [0, 0.1) is 0 Å². The van der Waals surface area contributed by atoms with Crippen molar-refractivity contribution in [3.05, 3.63) is 53.9 Å². The monoisotopic (exact) mass is 286 g/mol. The molecule has 1 aromatic carbocycles. The highest BCUT2D eigenvalue weighted by atomic mass is 16.5. The van der Waals surface area contributed by atoms with Crippen LogP contribution in [0.15, 0.2) is 42.7 Å². The second kappa shape index (κ2) is 6.59. The molecule has 2 N–H and O–H groups in total. The molecule has 0 spiro atoms. The van der Waals surface area contributed by atoms with Gasteiger partial charge in [-0.2, -0.15) is 0 Å². The molecule has 1 atom stereocenters. The Hall–Kier alpha value is -2.07. The molecular formula is C17H22N2O2. The third-order valence-corrected chi connectivity index (χ3v) is 3.48. The van der Waals surface area contributed by atoms with Crippen LogP contribution in [0.2, 0.25) is 0 Å². The summed E-state index contributed by atoms with van der Waals surface area (Å²) in [5.74, 6) is 1.56. The Kier molecular flexibility index (Phi) is 4.81. The Labute approximate surface area is 125 Å². The zero-order chi connectivity index (χ0) is 15.3. The molecule has 1 heterocycles. The van der Waals surface area contributed by atoms with Crippen LogP contribution in [0.1, 0.15) is 31.4 Å². The summed E-state index contributed by atoms with van der Waals surface area (Å²) in [5, 5.41) is 0. The van der Waals surface area contributed by atoms with Gasteiger partial charge in [0.25, 0.3) is 0 Å². The number of rotatable bonds is 6. The predicted octanol–water partition coefficient (Wildman–Crippen LogP) is 3.10. The van der Waals surface area contributed by atoms with Crippen LogP contribution in [-0.2, 0) is 5.54 Å². The molecule has 1 aromatic heterocycles. The zero-order valence-corrected chi connectivity index (χ0v) is 12.8. The molecule has 0 saturated carbocycles. The van der Waals surface area contributed by atoms with E-state index in [1.807, 2.05) is 37.3 Å². The molecule has 112 valence electrons. The highest BCUT2D eigenvalue weighted by molar-refractivity contribution is 5.40. The summed E-state index contributed by atoms with van der Waals surface area (Å²) in [6.45, 7) is 4.71. The van der Waals surface area contributed by atoms with Crippen LogP contribution in [0.4, 0.5) is 0 Å². The first-order chi connectivity index (χ1) is 10.1. The lowest BCUT2D eigenvalue weighted by molar-refractivity contribution is 0.315. The molecule has 4 nitrogen and oxygen atoms in total. The van der Waals surface area contributed by atoms with E-state index in [9.17, 15) is 0 Å². The lowest BCUT2D eigenvalue weighted by atomic mass is 9.86. The van der Waals surface area contributed by atoms with Crippen LogP contribution in [0.5, 0.6) is 11.5 Å². The maximum absolute atomic E-state index is 6.51. The lowest BCUT2D eigenvalue weighted by Gasteiger charge is -2.26. The third kappa shape index (κ3) is 3.52. The molecule has 21 heavy (non-hydrogen) atoms.